The van der Waals surface area contributed by atoms with E-state index in [1.54, 1.807) is 63.9 Å². The molecular formula is C22H23N3O4. The van der Waals surface area contributed by atoms with E-state index in [1.165, 1.54) is 0 Å². The molecule has 3 aromatic rings. The number of methoxy groups -OCH3 is 3. The molecule has 0 atom stereocenters. The first-order chi connectivity index (χ1) is 14.1. The average Bonchev–Trinajstić information content (AvgIpc) is 2.78. The van der Waals surface area contributed by atoms with Gasteiger partial charge in [0.15, 0.2) is 11.5 Å². The number of para-hydroxylation sites is 1. The van der Waals surface area contributed by atoms with Crippen LogP contribution < -0.4 is 24.4 Å². The lowest BCUT2D eigenvalue weighted by atomic mass is 10.2. The van der Waals surface area contributed by atoms with Crippen molar-refractivity contribution < 1.29 is 19.0 Å². The molecule has 0 aliphatic rings. The molecule has 7 nitrogen and oxygen atoms in total. The normalized spacial score (nSPS) is 10.2. The Bertz CT molecular complexity index is 967. The maximum absolute atomic E-state index is 12.8. The second-order valence-corrected chi connectivity index (χ2v) is 6.20. The number of hydrogen-bond donors (Lipinski definition) is 1. The first kappa shape index (κ1) is 20.0. The van der Waals surface area contributed by atoms with Gasteiger partial charge in [-0.25, -0.2) is 0 Å². The third-order valence-corrected chi connectivity index (χ3v) is 4.39. The Morgan fingerprint density at radius 3 is 2.14 bits per heavy atom. The van der Waals surface area contributed by atoms with Gasteiger partial charge in [-0.05, 0) is 18.2 Å². The molecule has 0 fully saturated rings. The van der Waals surface area contributed by atoms with Crippen molar-refractivity contribution in [1.29, 1.82) is 0 Å². The molecule has 0 aliphatic carbocycles. The molecule has 0 unspecified atom stereocenters. The van der Waals surface area contributed by atoms with E-state index in [2.05, 4.69) is 10.3 Å². The predicted octanol–water partition coefficient (Wildman–Crippen LogP) is 4.13. The number of carbonyl (C=O) groups excluding carboxylic acids is 1. The van der Waals surface area contributed by atoms with E-state index in [0.29, 0.717) is 34.2 Å². The number of pyridine rings is 1. The Balaban J connectivity index is 1.86. The van der Waals surface area contributed by atoms with E-state index >= 15 is 0 Å². The molecule has 0 radical (unpaired) electrons. The molecule has 0 saturated heterocycles. The summed E-state index contributed by atoms with van der Waals surface area (Å²) in [6.07, 6.45) is 3.19. The molecule has 1 aromatic heterocycles. The van der Waals surface area contributed by atoms with Crippen LogP contribution in [0.1, 0.15) is 10.4 Å². The third kappa shape index (κ3) is 4.40. The summed E-state index contributed by atoms with van der Waals surface area (Å²) in [5.41, 5.74) is 2.64. The molecule has 1 heterocycles. The Kier molecular flexibility index (Phi) is 6.19. The van der Waals surface area contributed by atoms with Gasteiger partial charge in [-0.3, -0.25) is 9.78 Å². The van der Waals surface area contributed by atoms with Gasteiger partial charge in [0.25, 0.3) is 5.91 Å². The number of hydrogen-bond acceptors (Lipinski definition) is 6. The summed E-state index contributed by atoms with van der Waals surface area (Å²) < 4.78 is 16.1. The van der Waals surface area contributed by atoms with Crippen molar-refractivity contribution in [2.45, 2.75) is 0 Å². The van der Waals surface area contributed by atoms with Crippen LogP contribution in [0.4, 0.5) is 17.1 Å². The second kappa shape index (κ2) is 8.97. The highest BCUT2D eigenvalue weighted by molar-refractivity contribution is 6.06. The lowest BCUT2D eigenvalue weighted by Gasteiger charge is -2.18. The summed E-state index contributed by atoms with van der Waals surface area (Å²) in [5.74, 6) is 1.40. The quantitative estimate of drug-likeness (QED) is 0.651. The van der Waals surface area contributed by atoms with Crippen LogP contribution in [0.15, 0.2) is 60.9 Å². The molecule has 0 spiro atoms. The van der Waals surface area contributed by atoms with Crippen LogP contribution in [-0.2, 0) is 0 Å². The molecular weight excluding hydrogens is 370 g/mol. The number of carbonyl (C=O) groups is 1. The lowest BCUT2D eigenvalue weighted by Crippen LogP contribution is -2.26. The van der Waals surface area contributed by atoms with Gasteiger partial charge < -0.3 is 24.4 Å². The zero-order valence-electron chi connectivity index (χ0n) is 16.8. The highest BCUT2D eigenvalue weighted by Crippen LogP contribution is 2.40. The smallest absolute Gasteiger partial charge is 0.259 e. The molecule has 29 heavy (non-hydrogen) atoms. The molecule has 1 N–H and O–H groups in total. The van der Waals surface area contributed by atoms with Crippen molar-refractivity contribution in [3.63, 3.8) is 0 Å². The maximum Gasteiger partial charge on any atom is 0.259 e. The van der Waals surface area contributed by atoms with Gasteiger partial charge in [0.2, 0.25) is 5.75 Å². The van der Waals surface area contributed by atoms with E-state index in [1.807, 2.05) is 30.3 Å². The summed E-state index contributed by atoms with van der Waals surface area (Å²) in [4.78, 5) is 18.6. The van der Waals surface area contributed by atoms with Gasteiger partial charge in [0.05, 0.1) is 38.8 Å². The number of amides is 1. The van der Waals surface area contributed by atoms with Crippen LogP contribution in [0, 0.1) is 0 Å². The minimum Gasteiger partial charge on any atom is -0.493 e. The van der Waals surface area contributed by atoms with Crippen molar-refractivity contribution in [2.24, 2.45) is 0 Å². The number of nitrogens with one attached hydrogen (secondary N) is 1. The van der Waals surface area contributed by atoms with E-state index in [4.69, 9.17) is 14.2 Å². The lowest BCUT2D eigenvalue weighted by molar-refractivity contribution is 0.0992. The van der Waals surface area contributed by atoms with Crippen molar-refractivity contribution in [3.05, 3.63) is 66.5 Å². The summed E-state index contributed by atoms with van der Waals surface area (Å²) in [5, 5.41) is 3.23. The summed E-state index contributed by atoms with van der Waals surface area (Å²) in [6, 6.07) is 14.8. The number of nitrogens with zero attached hydrogens (tertiary/aromatic N) is 2. The first-order valence-corrected chi connectivity index (χ1v) is 8.92. The van der Waals surface area contributed by atoms with Gasteiger partial charge in [0, 0.05) is 36.8 Å². The van der Waals surface area contributed by atoms with E-state index in [0.717, 1.165) is 5.69 Å². The number of rotatable bonds is 7. The van der Waals surface area contributed by atoms with Crippen LogP contribution in [0.25, 0.3) is 0 Å². The predicted molar refractivity (Wildman–Crippen MR) is 113 cm³/mol. The van der Waals surface area contributed by atoms with Gasteiger partial charge in [-0.1, -0.05) is 18.2 Å². The summed E-state index contributed by atoms with van der Waals surface area (Å²) in [7, 11) is 6.40. The van der Waals surface area contributed by atoms with Crippen LogP contribution in [0.5, 0.6) is 17.2 Å². The van der Waals surface area contributed by atoms with Crippen LogP contribution >= 0.6 is 0 Å². The fraction of sp³-hybridized carbons (Fsp3) is 0.182. The van der Waals surface area contributed by atoms with Crippen LogP contribution in [-0.4, -0.2) is 39.3 Å². The SMILES string of the molecule is COc1cc(Nc2cncc(C(=O)N(C)c3ccccc3)c2)cc(OC)c1OC. The molecule has 1 amide bonds. The zero-order valence-corrected chi connectivity index (χ0v) is 16.8. The highest BCUT2D eigenvalue weighted by atomic mass is 16.5. The number of ether oxygens (including phenoxy) is 3. The Morgan fingerprint density at radius 2 is 1.55 bits per heavy atom. The molecule has 3 rings (SSSR count). The molecule has 2 aromatic carbocycles. The molecule has 7 heteroatoms. The highest BCUT2D eigenvalue weighted by Gasteiger charge is 2.16. The van der Waals surface area contributed by atoms with E-state index < -0.39 is 0 Å². The number of aromatic nitrogens is 1. The minimum atomic E-state index is -0.155. The van der Waals surface area contributed by atoms with Crippen LogP contribution in [0.3, 0.4) is 0 Å². The Morgan fingerprint density at radius 1 is 0.897 bits per heavy atom. The third-order valence-electron chi connectivity index (χ3n) is 4.39. The first-order valence-electron chi connectivity index (χ1n) is 8.92. The number of benzene rings is 2. The van der Waals surface area contributed by atoms with Gasteiger partial charge in [0.1, 0.15) is 0 Å². The van der Waals surface area contributed by atoms with Gasteiger partial charge in [-0.15, -0.1) is 0 Å². The molecule has 0 aliphatic heterocycles. The Labute approximate surface area is 169 Å². The van der Waals surface area contributed by atoms with Crippen molar-refractivity contribution >= 4 is 23.0 Å². The largest absolute Gasteiger partial charge is 0.493 e. The molecule has 0 saturated carbocycles. The average molecular weight is 393 g/mol. The fourth-order valence-corrected chi connectivity index (χ4v) is 2.91. The van der Waals surface area contributed by atoms with Crippen molar-refractivity contribution in [1.82, 2.24) is 4.98 Å². The van der Waals surface area contributed by atoms with Gasteiger partial charge >= 0.3 is 0 Å². The summed E-state index contributed by atoms with van der Waals surface area (Å²) in [6.45, 7) is 0. The van der Waals surface area contributed by atoms with Gasteiger partial charge in [-0.2, -0.15) is 0 Å². The molecule has 0 bridgehead atoms. The van der Waals surface area contributed by atoms with Crippen molar-refractivity contribution in [2.75, 3.05) is 38.6 Å². The maximum atomic E-state index is 12.8. The van der Waals surface area contributed by atoms with E-state index in [-0.39, 0.29) is 5.91 Å². The standard InChI is InChI=1S/C22H23N3O4/c1-25(18-8-6-5-7-9-18)22(26)15-10-17(14-23-13-15)24-16-11-19(27-2)21(29-4)20(12-16)28-3/h5-14,24H,1-4H3. The van der Waals surface area contributed by atoms with Crippen LogP contribution in [0.2, 0.25) is 0 Å². The summed E-state index contributed by atoms with van der Waals surface area (Å²) >= 11 is 0. The number of anilines is 3. The minimum absolute atomic E-state index is 0.155. The monoisotopic (exact) mass is 393 g/mol. The molecule has 150 valence electrons. The van der Waals surface area contributed by atoms with E-state index in [9.17, 15) is 4.79 Å². The topological polar surface area (TPSA) is 72.9 Å². The Hall–Kier alpha value is -3.74. The fourth-order valence-electron chi connectivity index (χ4n) is 2.91. The second-order valence-electron chi connectivity index (χ2n) is 6.20. The zero-order chi connectivity index (χ0) is 20.8. The van der Waals surface area contributed by atoms with Crippen molar-refractivity contribution in [3.8, 4) is 17.2 Å².